The summed E-state index contributed by atoms with van der Waals surface area (Å²) in [5.74, 6) is 0.686. The van der Waals surface area contributed by atoms with Gasteiger partial charge in [-0.3, -0.25) is 19.4 Å². The molecule has 2 amide bonds. The number of ether oxygens (including phenoxy) is 1. The molecule has 32 heavy (non-hydrogen) atoms. The highest BCUT2D eigenvalue weighted by atomic mass is 16.5. The van der Waals surface area contributed by atoms with Crippen molar-refractivity contribution in [3.05, 3.63) is 23.3 Å². The van der Waals surface area contributed by atoms with Crippen LogP contribution in [0.2, 0.25) is 0 Å². The Bertz CT molecular complexity index is 1050. The second-order valence-corrected chi connectivity index (χ2v) is 11.1. The van der Waals surface area contributed by atoms with Gasteiger partial charge in [-0.05, 0) is 62.6 Å². The van der Waals surface area contributed by atoms with E-state index in [1.165, 1.54) is 17.7 Å². The van der Waals surface area contributed by atoms with E-state index in [9.17, 15) is 19.8 Å². The van der Waals surface area contributed by atoms with Gasteiger partial charge in [-0.1, -0.05) is 13.0 Å². The number of nitrogens with zero attached hydrogens (tertiary/aromatic N) is 2. The Morgan fingerprint density at radius 3 is 2.69 bits per heavy atom. The van der Waals surface area contributed by atoms with Crippen molar-refractivity contribution in [1.82, 2.24) is 9.80 Å². The lowest BCUT2D eigenvalue weighted by Gasteiger charge is -2.64. The third-order valence-corrected chi connectivity index (χ3v) is 9.47. The molecule has 2 saturated heterocycles. The van der Waals surface area contributed by atoms with Crippen LogP contribution >= 0.6 is 0 Å². The average Bonchev–Trinajstić information content (AvgIpc) is 3.44. The number of hydrogen-bond donors (Lipinski definition) is 2. The lowest BCUT2D eigenvalue weighted by atomic mass is 9.48. The van der Waals surface area contributed by atoms with Crippen molar-refractivity contribution in [2.24, 2.45) is 11.8 Å². The quantitative estimate of drug-likeness (QED) is 0.699. The van der Waals surface area contributed by atoms with Crippen molar-refractivity contribution >= 4 is 11.8 Å². The van der Waals surface area contributed by atoms with E-state index in [2.05, 4.69) is 4.90 Å². The van der Waals surface area contributed by atoms with Crippen LogP contribution in [-0.2, 0) is 21.4 Å². The van der Waals surface area contributed by atoms with Gasteiger partial charge in [0.2, 0.25) is 11.8 Å². The maximum absolute atomic E-state index is 13.0. The van der Waals surface area contributed by atoms with Gasteiger partial charge in [-0.25, -0.2) is 0 Å². The molecule has 2 N–H and O–H groups in total. The van der Waals surface area contributed by atoms with Gasteiger partial charge in [-0.15, -0.1) is 0 Å². The minimum absolute atomic E-state index is 0.00389. The summed E-state index contributed by atoms with van der Waals surface area (Å²) in [4.78, 5) is 29.7. The highest BCUT2D eigenvalue weighted by Gasteiger charge is 2.74. The van der Waals surface area contributed by atoms with Gasteiger partial charge in [0.15, 0.2) is 11.5 Å². The molecule has 2 bridgehead atoms. The van der Waals surface area contributed by atoms with E-state index in [0.717, 1.165) is 36.6 Å². The Hall–Kier alpha value is -2.12. The fraction of sp³-hybridized carbons (Fsp3) is 0.680. The lowest BCUT2D eigenvalue weighted by Crippen LogP contribution is -2.78. The summed E-state index contributed by atoms with van der Waals surface area (Å²) < 4.78 is 6.49. The second-order valence-electron chi connectivity index (χ2n) is 11.1. The number of carbonyl (C=O) groups excluding carboxylic acids is 2. The Kier molecular flexibility index (Phi) is 3.66. The number of phenolic OH excluding ortho intramolecular Hbond substituents is 1. The SMILES string of the molecule is CC1CC(=O)N([C@@H]2CC[C@@]3(O)[C@H]4Cc5ccc(O)c6c5[C@@]3(CCN4CC3CC3)[C@H]2O6)C1=O. The fourth-order valence-corrected chi connectivity index (χ4v) is 7.88. The van der Waals surface area contributed by atoms with Crippen molar-refractivity contribution in [2.45, 2.75) is 81.1 Å². The number of imide groups is 1. The molecule has 7 heteroatoms. The first-order chi connectivity index (χ1) is 15.3. The molecule has 3 aliphatic carbocycles. The Morgan fingerprint density at radius 1 is 1.16 bits per heavy atom. The highest BCUT2D eigenvalue weighted by molar-refractivity contribution is 6.03. The van der Waals surface area contributed by atoms with Gasteiger partial charge >= 0.3 is 0 Å². The van der Waals surface area contributed by atoms with Crippen LogP contribution in [0.4, 0.5) is 0 Å². The Morgan fingerprint density at radius 2 is 1.97 bits per heavy atom. The van der Waals surface area contributed by atoms with Crippen molar-refractivity contribution in [3.63, 3.8) is 0 Å². The molecule has 3 heterocycles. The van der Waals surface area contributed by atoms with Gasteiger partial charge in [0.05, 0.1) is 17.1 Å². The van der Waals surface area contributed by atoms with E-state index in [-0.39, 0.29) is 35.9 Å². The molecule has 4 fully saturated rings. The molecule has 1 spiro atoms. The van der Waals surface area contributed by atoms with Gasteiger partial charge in [-0.2, -0.15) is 0 Å². The van der Waals surface area contributed by atoms with E-state index >= 15 is 0 Å². The van der Waals surface area contributed by atoms with Crippen LogP contribution in [0.15, 0.2) is 12.1 Å². The molecule has 7 nitrogen and oxygen atoms in total. The molecule has 1 aromatic carbocycles. The maximum Gasteiger partial charge on any atom is 0.232 e. The third-order valence-electron chi connectivity index (χ3n) is 9.47. The fourth-order valence-electron chi connectivity index (χ4n) is 7.88. The third kappa shape index (κ3) is 2.15. The first-order valence-corrected chi connectivity index (χ1v) is 12.2. The smallest absolute Gasteiger partial charge is 0.232 e. The summed E-state index contributed by atoms with van der Waals surface area (Å²) in [7, 11) is 0. The summed E-state index contributed by atoms with van der Waals surface area (Å²) in [6.45, 7) is 3.70. The van der Waals surface area contributed by atoms with Crippen molar-refractivity contribution in [1.29, 1.82) is 0 Å². The van der Waals surface area contributed by atoms with Crippen LogP contribution in [0.5, 0.6) is 11.5 Å². The first-order valence-electron chi connectivity index (χ1n) is 12.2. The largest absolute Gasteiger partial charge is 0.504 e. The molecule has 0 radical (unpaired) electrons. The van der Waals surface area contributed by atoms with Crippen molar-refractivity contribution in [2.75, 3.05) is 13.1 Å². The molecule has 2 saturated carbocycles. The summed E-state index contributed by atoms with van der Waals surface area (Å²) in [6, 6.07) is 3.26. The highest BCUT2D eigenvalue weighted by Crippen LogP contribution is 2.66. The molecule has 0 aromatic heterocycles. The lowest BCUT2D eigenvalue weighted by molar-refractivity contribution is -0.201. The molecular formula is C25H30N2O5. The topological polar surface area (TPSA) is 90.3 Å². The zero-order valence-electron chi connectivity index (χ0n) is 18.4. The van der Waals surface area contributed by atoms with E-state index in [1.54, 1.807) is 13.0 Å². The minimum atomic E-state index is -0.995. The maximum atomic E-state index is 13.0. The van der Waals surface area contributed by atoms with Crippen molar-refractivity contribution in [3.8, 4) is 11.5 Å². The van der Waals surface area contributed by atoms with E-state index < -0.39 is 23.2 Å². The van der Waals surface area contributed by atoms with Crippen molar-refractivity contribution < 1.29 is 24.5 Å². The number of amides is 2. The molecular weight excluding hydrogens is 408 g/mol. The number of rotatable bonds is 3. The number of aliphatic hydroxyl groups is 1. The second kappa shape index (κ2) is 6.06. The number of aromatic hydroxyl groups is 1. The first kappa shape index (κ1) is 19.4. The zero-order valence-corrected chi connectivity index (χ0v) is 18.4. The Balaban J connectivity index is 1.39. The molecule has 1 aromatic rings. The van der Waals surface area contributed by atoms with Gasteiger partial charge in [0, 0.05) is 30.5 Å². The van der Waals surface area contributed by atoms with Crippen LogP contribution in [0.25, 0.3) is 0 Å². The monoisotopic (exact) mass is 438 g/mol. The summed E-state index contributed by atoms with van der Waals surface area (Å²) in [5, 5.41) is 23.2. The van der Waals surface area contributed by atoms with Gasteiger partial charge in [0.25, 0.3) is 0 Å². The summed E-state index contributed by atoms with van der Waals surface area (Å²) >= 11 is 0. The molecule has 7 rings (SSSR count). The van der Waals surface area contributed by atoms with E-state index in [1.807, 2.05) is 6.07 Å². The van der Waals surface area contributed by atoms with E-state index in [0.29, 0.717) is 25.0 Å². The summed E-state index contributed by atoms with van der Waals surface area (Å²) in [6.07, 6.45) is 4.77. The van der Waals surface area contributed by atoms with Crippen LogP contribution in [0, 0.1) is 11.8 Å². The minimum Gasteiger partial charge on any atom is -0.504 e. The molecule has 1 unspecified atom stereocenters. The number of benzene rings is 1. The number of carbonyl (C=O) groups is 2. The average molecular weight is 439 g/mol. The summed E-state index contributed by atoms with van der Waals surface area (Å²) in [5.41, 5.74) is 0.368. The van der Waals surface area contributed by atoms with E-state index in [4.69, 9.17) is 4.74 Å². The zero-order chi connectivity index (χ0) is 22.0. The van der Waals surface area contributed by atoms with Crippen LogP contribution < -0.4 is 4.74 Å². The predicted molar refractivity (Wildman–Crippen MR) is 114 cm³/mol. The normalized spacial score (nSPS) is 42.2. The number of piperidine rings is 1. The predicted octanol–water partition coefficient (Wildman–Crippen LogP) is 1.72. The van der Waals surface area contributed by atoms with Gasteiger partial charge in [0.1, 0.15) is 6.10 Å². The van der Waals surface area contributed by atoms with Gasteiger partial charge < -0.3 is 14.9 Å². The molecule has 6 atom stereocenters. The van der Waals surface area contributed by atoms with Crippen LogP contribution in [0.3, 0.4) is 0 Å². The standard InChI is InChI=1S/C25H30N2O5/c1-13-10-19(29)27(23(13)30)16-6-7-25(31)18-11-15-4-5-17(28)21-20(15)24(25,22(16)32-21)8-9-26(18)12-14-2-3-14/h4-5,13-14,16,18,22,28,31H,2-3,6-12H2,1H3/t13?,16-,18-,22+,24+,25-/m1/s1. The Labute approximate surface area is 187 Å². The van der Waals surface area contributed by atoms with Crippen LogP contribution in [-0.4, -0.2) is 68.7 Å². The number of likely N-dealkylation sites (tertiary alicyclic amines) is 2. The molecule has 6 aliphatic rings. The number of phenols is 1. The molecule has 3 aliphatic heterocycles. The number of hydrogen-bond acceptors (Lipinski definition) is 6. The molecule has 170 valence electrons. The van der Waals surface area contributed by atoms with Crippen LogP contribution in [0.1, 0.15) is 56.6 Å².